The predicted octanol–water partition coefficient (Wildman–Crippen LogP) is 0.575. The van der Waals surface area contributed by atoms with E-state index in [9.17, 15) is 8.42 Å². The molecule has 0 saturated carbocycles. The second-order valence-electron chi connectivity index (χ2n) is 3.51. The van der Waals surface area contributed by atoms with Crippen molar-refractivity contribution in [1.82, 2.24) is 14.6 Å². The van der Waals surface area contributed by atoms with Crippen molar-refractivity contribution in [3.05, 3.63) is 23.5 Å². The third kappa shape index (κ3) is 3.71. The minimum Gasteiger partial charge on any atom is -0.308 e. The second kappa shape index (κ2) is 5.58. The minimum absolute atomic E-state index is 0.00965. The Bertz CT molecular complexity index is 448. The van der Waals surface area contributed by atoms with Crippen LogP contribution in [0.15, 0.2) is 23.4 Å². The Balaban J connectivity index is 2.75. The monoisotopic (exact) mass is 263 g/mol. The molecular weight excluding hydrogens is 250 g/mol. The zero-order valence-electron chi connectivity index (χ0n) is 9.14. The summed E-state index contributed by atoms with van der Waals surface area (Å²) in [6.07, 6.45) is 2.68. The van der Waals surface area contributed by atoms with E-state index in [0.717, 1.165) is 0 Å². The van der Waals surface area contributed by atoms with E-state index < -0.39 is 10.0 Å². The molecule has 0 aromatic carbocycles. The van der Waals surface area contributed by atoms with E-state index in [4.69, 9.17) is 11.6 Å². The zero-order chi connectivity index (χ0) is 12.2. The molecule has 5 nitrogen and oxygen atoms in total. The highest BCUT2D eigenvalue weighted by Crippen LogP contribution is 2.18. The molecule has 90 valence electrons. The van der Waals surface area contributed by atoms with Crippen LogP contribution < -0.4 is 4.72 Å². The van der Waals surface area contributed by atoms with Crippen LogP contribution in [0.5, 0.6) is 0 Å². The van der Waals surface area contributed by atoms with Gasteiger partial charge in [0.1, 0.15) is 4.90 Å². The van der Waals surface area contributed by atoms with Crippen molar-refractivity contribution in [2.75, 3.05) is 27.2 Å². The molecule has 0 amide bonds. The summed E-state index contributed by atoms with van der Waals surface area (Å²) in [6.45, 7) is 0.956. The van der Waals surface area contributed by atoms with Gasteiger partial charge >= 0.3 is 0 Å². The first-order valence-electron chi connectivity index (χ1n) is 4.67. The van der Waals surface area contributed by atoms with Crippen LogP contribution in [0.2, 0.25) is 5.02 Å². The molecule has 0 unspecified atom stereocenters. The molecule has 0 aliphatic heterocycles. The summed E-state index contributed by atoms with van der Waals surface area (Å²) in [5.41, 5.74) is 0. The SMILES string of the molecule is CN(C)CCNS(=O)(=O)c1cnccc1Cl. The van der Waals surface area contributed by atoms with Gasteiger partial charge in [0.2, 0.25) is 10.0 Å². The predicted molar refractivity (Wildman–Crippen MR) is 63.0 cm³/mol. The number of rotatable bonds is 5. The van der Waals surface area contributed by atoms with E-state index in [0.29, 0.717) is 13.1 Å². The molecule has 1 aromatic rings. The number of likely N-dealkylation sites (N-methyl/N-ethyl adjacent to an activating group) is 1. The molecule has 0 aliphatic rings. The maximum Gasteiger partial charge on any atom is 0.243 e. The van der Waals surface area contributed by atoms with Gasteiger partial charge in [-0.25, -0.2) is 13.1 Å². The fourth-order valence-electron chi connectivity index (χ4n) is 1.04. The third-order valence-corrected chi connectivity index (χ3v) is 3.80. The summed E-state index contributed by atoms with van der Waals surface area (Å²) in [5, 5.41) is 0.173. The molecule has 0 bridgehead atoms. The number of hydrogen-bond donors (Lipinski definition) is 1. The van der Waals surface area contributed by atoms with E-state index >= 15 is 0 Å². The molecule has 1 heterocycles. The van der Waals surface area contributed by atoms with Crippen molar-refractivity contribution in [1.29, 1.82) is 0 Å². The highest BCUT2D eigenvalue weighted by Gasteiger charge is 2.17. The first kappa shape index (κ1) is 13.4. The van der Waals surface area contributed by atoms with Crippen LogP contribution in [0.1, 0.15) is 0 Å². The summed E-state index contributed by atoms with van der Waals surface area (Å²) in [6, 6.07) is 1.45. The van der Waals surface area contributed by atoms with E-state index in [1.165, 1.54) is 18.5 Å². The molecule has 0 aliphatic carbocycles. The van der Waals surface area contributed by atoms with Gasteiger partial charge in [-0.2, -0.15) is 0 Å². The molecule has 1 rings (SSSR count). The summed E-state index contributed by atoms with van der Waals surface area (Å²) in [4.78, 5) is 5.63. The maximum absolute atomic E-state index is 11.8. The minimum atomic E-state index is -3.56. The van der Waals surface area contributed by atoms with Crippen LogP contribution in [0, 0.1) is 0 Å². The number of aromatic nitrogens is 1. The lowest BCUT2D eigenvalue weighted by molar-refractivity contribution is 0.412. The Kier molecular flexibility index (Phi) is 4.67. The van der Waals surface area contributed by atoms with E-state index in [2.05, 4.69) is 9.71 Å². The Hall–Kier alpha value is -0.690. The van der Waals surface area contributed by atoms with Gasteiger partial charge in [0.05, 0.1) is 5.02 Å². The average Bonchev–Trinajstić information content (AvgIpc) is 2.17. The number of nitrogens with one attached hydrogen (secondary N) is 1. The van der Waals surface area contributed by atoms with Crippen LogP contribution in [-0.4, -0.2) is 45.5 Å². The van der Waals surface area contributed by atoms with Crippen LogP contribution in [0.25, 0.3) is 0 Å². The highest BCUT2D eigenvalue weighted by atomic mass is 35.5. The quantitative estimate of drug-likeness (QED) is 0.844. The largest absolute Gasteiger partial charge is 0.308 e. The molecule has 0 spiro atoms. The lowest BCUT2D eigenvalue weighted by Crippen LogP contribution is -2.31. The van der Waals surface area contributed by atoms with Crippen LogP contribution in [-0.2, 0) is 10.0 Å². The number of pyridine rings is 1. The van der Waals surface area contributed by atoms with Gasteiger partial charge in [-0.1, -0.05) is 11.6 Å². The Morgan fingerprint density at radius 1 is 1.50 bits per heavy atom. The summed E-state index contributed by atoms with van der Waals surface area (Å²) < 4.78 is 26.0. The fourth-order valence-corrected chi connectivity index (χ4v) is 2.49. The van der Waals surface area contributed by atoms with E-state index in [-0.39, 0.29) is 9.92 Å². The lowest BCUT2D eigenvalue weighted by atomic mass is 10.5. The first-order chi connectivity index (χ1) is 7.43. The summed E-state index contributed by atoms with van der Waals surface area (Å²) >= 11 is 5.78. The average molecular weight is 264 g/mol. The summed E-state index contributed by atoms with van der Waals surface area (Å²) in [7, 11) is 0.175. The topological polar surface area (TPSA) is 62.3 Å². The lowest BCUT2D eigenvalue weighted by Gasteiger charge is -2.11. The molecule has 1 aromatic heterocycles. The van der Waals surface area contributed by atoms with Crippen molar-refractivity contribution in [2.24, 2.45) is 0 Å². The van der Waals surface area contributed by atoms with Crippen molar-refractivity contribution >= 4 is 21.6 Å². The van der Waals surface area contributed by atoms with Crippen molar-refractivity contribution in [3.8, 4) is 0 Å². The van der Waals surface area contributed by atoms with E-state index in [1.807, 2.05) is 19.0 Å². The Morgan fingerprint density at radius 3 is 2.75 bits per heavy atom. The second-order valence-corrected chi connectivity index (χ2v) is 5.65. The van der Waals surface area contributed by atoms with Gasteiger partial charge in [-0.05, 0) is 20.2 Å². The van der Waals surface area contributed by atoms with Gasteiger partial charge in [0.25, 0.3) is 0 Å². The normalized spacial score (nSPS) is 12.0. The first-order valence-corrected chi connectivity index (χ1v) is 6.53. The third-order valence-electron chi connectivity index (χ3n) is 1.87. The molecule has 0 fully saturated rings. The van der Waals surface area contributed by atoms with Gasteiger partial charge in [0.15, 0.2) is 0 Å². The fraction of sp³-hybridized carbons (Fsp3) is 0.444. The van der Waals surface area contributed by atoms with Crippen molar-refractivity contribution < 1.29 is 8.42 Å². The van der Waals surface area contributed by atoms with Crippen LogP contribution in [0.4, 0.5) is 0 Å². The molecule has 0 saturated heterocycles. The molecule has 1 N–H and O–H groups in total. The van der Waals surface area contributed by atoms with Crippen LogP contribution in [0.3, 0.4) is 0 Å². The number of sulfonamides is 1. The standard InChI is InChI=1S/C9H14ClN3O2S/c1-13(2)6-5-12-16(14,15)9-7-11-4-3-8(9)10/h3-4,7,12H,5-6H2,1-2H3. The maximum atomic E-state index is 11.8. The van der Waals surface area contributed by atoms with Gasteiger partial charge < -0.3 is 4.90 Å². The molecule has 0 radical (unpaired) electrons. The molecular formula is C9H14ClN3O2S. The number of nitrogens with zero attached hydrogens (tertiary/aromatic N) is 2. The summed E-state index contributed by atoms with van der Waals surface area (Å²) in [5.74, 6) is 0. The molecule has 7 heteroatoms. The van der Waals surface area contributed by atoms with Gasteiger partial charge in [0, 0.05) is 25.5 Å². The number of hydrogen-bond acceptors (Lipinski definition) is 4. The smallest absolute Gasteiger partial charge is 0.243 e. The Morgan fingerprint density at radius 2 is 2.19 bits per heavy atom. The van der Waals surface area contributed by atoms with Crippen molar-refractivity contribution in [2.45, 2.75) is 4.90 Å². The molecule has 0 atom stereocenters. The van der Waals surface area contributed by atoms with Gasteiger partial charge in [-0.3, -0.25) is 4.98 Å². The number of halogens is 1. The van der Waals surface area contributed by atoms with Crippen molar-refractivity contribution in [3.63, 3.8) is 0 Å². The zero-order valence-corrected chi connectivity index (χ0v) is 10.7. The molecule has 16 heavy (non-hydrogen) atoms. The Labute approximate surface area is 100 Å². The van der Waals surface area contributed by atoms with E-state index in [1.54, 1.807) is 0 Å². The highest BCUT2D eigenvalue weighted by molar-refractivity contribution is 7.89. The van der Waals surface area contributed by atoms with Crippen LogP contribution >= 0.6 is 11.6 Å². The van der Waals surface area contributed by atoms with Gasteiger partial charge in [-0.15, -0.1) is 0 Å².